The quantitative estimate of drug-likeness (QED) is 0.679. The molecular formula is C19H24N6OS. The maximum atomic E-state index is 12.9. The van der Waals surface area contributed by atoms with E-state index in [9.17, 15) is 4.79 Å². The van der Waals surface area contributed by atoms with E-state index in [1.165, 1.54) is 23.3 Å². The van der Waals surface area contributed by atoms with Crippen LogP contribution in [0.5, 0.6) is 0 Å². The van der Waals surface area contributed by atoms with Crippen molar-refractivity contribution >= 4 is 33.1 Å². The summed E-state index contributed by atoms with van der Waals surface area (Å²) in [5.41, 5.74) is 2.16. The summed E-state index contributed by atoms with van der Waals surface area (Å²) < 4.78 is 1.69. The molecule has 1 amide bonds. The lowest BCUT2D eigenvalue weighted by atomic mass is 9.87. The van der Waals surface area contributed by atoms with E-state index in [1.807, 2.05) is 4.90 Å². The van der Waals surface area contributed by atoms with Crippen LogP contribution >= 0.6 is 11.3 Å². The van der Waals surface area contributed by atoms with Crippen LogP contribution in [0.4, 0.5) is 0 Å². The number of thiophene rings is 1. The molecule has 4 heterocycles. The molecule has 0 saturated carbocycles. The molecule has 1 saturated heterocycles. The minimum atomic E-state index is -0.0697. The Labute approximate surface area is 162 Å². The number of aryl methyl sites for hydroxylation is 1. The van der Waals surface area contributed by atoms with Crippen LogP contribution in [0.1, 0.15) is 53.7 Å². The van der Waals surface area contributed by atoms with Crippen molar-refractivity contribution in [3.8, 4) is 0 Å². The van der Waals surface area contributed by atoms with Gasteiger partial charge in [0.15, 0.2) is 5.65 Å². The van der Waals surface area contributed by atoms with Crippen molar-refractivity contribution in [2.45, 2.75) is 39.0 Å². The van der Waals surface area contributed by atoms with E-state index in [0.717, 1.165) is 55.0 Å². The molecule has 5 rings (SSSR count). The predicted octanol–water partition coefficient (Wildman–Crippen LogP) is 2.56. The first-order valence-corrected chi connectivity index (χ1v) is 10.7. The fraction of sp³-hybridized carbons (Fsp3) is 0.579. The number of piperazine rings is 1. The molecule has 0 bridgehead atoms. The number of carbonyl (C=O) groups excluding carboxylic acids is 1. The highest BCUT2D eigenvalue weighted by atomic mass is 32.1. The number of nitrogens with zero attached hydrogens (tertiary/aromatic N) is 6. The molecule has 8 heteroatoms. The third-order valence-corrected chi connectivity index (χ3v) is 7.15. The maximum absolute atomic E-state index is 12.9. The summed E-state index contributed by atoms with van der Waals surface area (Å²) in [4.78, 5) is 28.9. The molecule has 3 aromatic rings. The number of rotatable bonds is 2. The number of hydrogen-bond acceptors (Lipinski definition) is 6. The minimum Gasteiger partial charge on any atom is -0.333 e. The zero-order valence-electron chi connectivity index (χ0n) is 15.8. The molecule has 1 aliphatic carbocycles. The molecule has 0 unspecified atom stereocenters. The molecule has 0 spiro atoms. The SMILES string of the molecule is CCN1CCN(C(=O)c2nc3c4c5c(sc4ncn3n2)CCC[C@H]5C)CC1. The highest BCUT2D eigenvalue weighted by Gasteiger charge is 2.28. The van der Waals surface area contributed by atoms with E-state index < -0.39 is 0 Å². The molecule has 1 aliphatic heterocycles. The van der Waals surface area contributed by atoms with Crippen molar-refractivity contribution in [2.24, 2.45) is 0 Å². The summed E-state index contributed by atoms with van der Waals surface area (Å²) in [6, 6.07) is 0. The lowest BCUT2D eigenvalue weighted by molar-refractivity contribution is 0.0631. The highest BCUT2D eigenvalue weighted by Crippen LogP contribution is 2.42. The van der Waals surface area contributed by atoms with E-state index in [2.05, 4.69) is 33.8 Å². The molecular weight excluding hydrogens is 360 g/mol. The Hall–Kier alpha value is -2.06. The summed E-state index contributed by atoms with van der Waals surface area (Å²) in [5, 5.41) is 5.58. The van der Waals surface area contributed by atoms with Gasteiger partial charge in [0.05, 0.1) is 5.39 Å². The van der Waals surface area contributed by atoms with Crippen LogP contribution in [-0.4, -0.2) is 68.0 Å². The number of aromatic nitrogens is 4. The zero-order valence-corrected chi connectivity index (χ0v) is 16.6. The smallest absolute Gasteiger partial charge is 0.293 e. The second-order valence-corrected chi connectivity index (χ2v) is 8.67. The first kappa shape index (κ1) is 17.1. The van der Waals surface area contributed by atoms with Crippen molar-refractivity contribution in [1.82, 2.24) is 29.4 Å². The Bertz CT molecular complexity index is 1020. The normalized spacial score (nSPS) is 21.1. The van der Waals surface area contributed by atoms with Crippen molar-refractivity contribution in [1.29, 1.82) is 0 Å². The van der Waals surface area contributed by atoms with Crippen molar-refractivity contribution in [3.63, 3.8) is 0 Å². The van der Waals surface area contributed by atoms with E-state index >= 15 is 0 Å². The van der Waals surface area contributed by atoms with Crippen LogP contribution < -0.4 is 0 Å². The molecule has 27 heavy (non-hydrogen) atoms. The van der Waals surface area contributed by atoms with E-state index in [0.29, 0.717) is 5.92 Å². The molecule has 0 N–H and O–H groups in total. The largest absolute Gasteiger partial charge is 0.333 e. The zero-order chi connectivity index (χ0) is 18.5. The van der Waals surface area contributed by atoms with E-state index in [4.69, 9.17) is 0 Å². The van der Waals surface area contributed by atoms with Crippen LogP contribution in [0, 0.1) is 0 Å². The van der Waals surface area contributed by atoms with Crippen molar-refractivity contribution in [2.75, 3.05) is 32.7 Å². The van der Waals surface area contributed by atoms with Gasteiger partial charge in [0, 0.05) is 31.1 Å². The summed E-state index contributed by atoms with van der Waals surface area (Å²) in [6.07, 6.45) is 5.25. The Morgan fingerprint density at radius 3 is 2.89 bits per heavy atom. The molecule has 7 nitrogen and oxygen atoms in total. The molecule has 0 aromatic carbocycles. The summed E-state index contributed by atoms with van der Waals surface area (Å²) in [5.74, 6) is 0.728. The Balaban J connectivity index is 1.55. The number of fused-ring (bicyclic) bond motifs is 5. The standard InChI is InChI=1S/C19H24N6OS/c1-3-23-7-9-24(10-8-23)19(26)16-21-17-15-14-12(2)5-4-6-13(14)27-18(15)20-11-25(17)22-16/h11-12H,3-10H2,1-2H3/t12-/m1/s1. The summed E-state index contributed by atoms with van der Waals surface area (Å²) in [7, 11) is 0. The lowest BCUT2D eigenvalue weighted by Crippen LogP contribution is -2.48. The fourth-order valence-electron chi connectivity index (χ4n) is 4.38. The minimum absolute atomic E-state index is 0.0697. The molecule has 2 aliphatic rings. The van der Waals surface area contributed by atoms with Gasteiger partial charge in [-0.05, 0) is 37.3 Å². The van der Waals surface area contributed by atoms with Gasteiger partial charge < -0.3 is 9.80 Å². The summed E-state index contributed by atoms with van der Waals surface area (Å²) in [6.45, 7) is 8.76. The number of amides is 1. The first-order valence-electron chi connectivity index (χ1n) is 9.84. The van der Waals surface area contributed by atoms with Crippen LogP contribution in [0.15, 0.2) is 6.33 Å². The van der Waals surface area contributed by atoms with Gasteiger partial charge in [-0.1, -0.05) is 13.8 Å². The van der Waals surface area contributed by atoms with Crippen molar-refractivity contribution < 1.29 is 4.79 Å². The molecule has 0 radical (unpaired) electrons. The summed E-state index contributed by atoms with van der Waals surface area (Å²) >= 11 is 1.77. The Morgan fingerprint density at radius 2 is 2.11 bits per heavy atom. The second-order valence-electron chi connectivity index (χ2n) is 7.59. The van der Waals surface area contributed by atoms with Gasteiger partial charge in [-0.3, -0.25) is 4.79 Å². The molecule has 1 atom stereocenters. The lowest BCUT2D eigenvalue weighted by Gasteiger charge is -2.33. The number of hydrogen-bond donors (Lipinski definition) is 0. The average Bonchev–Trinajstić information content (AvgIpc) is 3.29. The van der Waals surface area contributed by atoms with E-state index in [1.54, 1.807) is 22.2 Å². The Morgan fingerprint density at radius 1 is 1.30 bits per heavy atom. The fourth-order valence-corrected chi connectivity index (χ4v) is 5.68. The first-order chi connectivity index (χ1) is 13.2. The average molecular weight is 385 g/mol. The number of carbonyl (C=O) groups is 1. The van der Waals surface area contributed by atoms with Gasteiger partial charge >= 0.3 is 0 Å². The van der Waals surface area contributed by atoms with Crippen LogP contribution in [0.3, 0.4) is 0 Å². The van der Waals surface area contributed by atoms with Crippen LogP contribution in [0.25, 0.3) is 15.9 Å². The van der Waals surface area contributed by atoms with Crippen LogP contribution in [0.2, 0.25) is 0 Å². The van der Waals surface area contributed by atoms with Crippen LogP contribution in [-0.2, 0) is 6.42 Å². The second kappa shape index (κ2) is 6.53. The Kier molecular flexibility index (Phi) is 4.12. The molecule has 142 valence electrons. The van der Waals surface area contributed by atoms with Gasteiger partial charge in [-0.2, -0.15) is 0 Å². The van der Waals surface area contributed by atoms with Gasteiger partial charge in [-0.25, -0.2) is 14.5 Å². The van der Waals surface area contributed by atoms with Crippen molar-refractivity contribution in [3.05, 3.63) is 22.6 Å². The van der Waals surface area contributed by atoms with E-state index in [-0.39, 0.29) is 11.7 Å². The van der Waals surface area contributed by atoms with Gasteiger partial charge in [-0.15, -0.1) is 16.4 Å². The third-order valence-electron chi connectivity index (χ3n) is 5.97. The molecule has 3 aromatic heterocycles. The molecule has 1 fully saturated rings. The monoisotopic (exact) mass is 384 g/mol. The predicted molar refractivity (Wildman–Crippen MR) is 106 cm³/mol. The third kappa shape index (κ3) is 2.73. The number of likely N-dealkylation sites (N-methyl/N-ethyl adjacent to an activating group) is 1. The topological polar surface area (TPSA) is 66.6 Å². The van der Waals surface area contributed by atoms with Gasteiger partial charge in [0.25, 0.3) is 5.91 Å². The maximum Gasteiger partial charge on any atom is 0.293 e. The highest BCUT2D eigenvalue weighted by molar-refractivity contribution is 7.19. The van der Waals surface area contributed by atoms with Gasteiger partial charge in [0.2, 0.25) is 5.82 Å². The van der Waals surface area contributed by atoms with Gasteiger partial charge in [0.1, 0.15) is 11.2 Å².